The van der Waals surface area contributed by atoms with E-state index in [-0.39, 0.29) is 0 Å². The Hall–Kier alpha value is -0.170. The molecule has 3 aliphatic rings. The van der Waals surface area contributed by atoms with Crippen LogP contribution >= 0.6 is 0 Å². The second-order valence-electron chi connectivity index (χ2n) is 5.84. The lowest BCUT2D eigenvalue weighted by Crippen LogP contribution is -2.51. The molecule has 2 aliphatic carbocycles. The average Bonchev–Trinajstić information content (AvgIpc) is 3.24. The molecular weight excluding hydrogens is 250 g/mol. The van der Waals surface area contributed by atoms with E-state index in [1.807, 2.05) is 0 Å². The Labute approximate surface area is 109 Å². The predicted molar refractivity (Wildman–Crippen MR) is 70.3 cm³/mol. The van der Waals surface area contributed by atoms with Crippen LogP contribution < -0.4 is 10.0 Å². The topological polar surface area (TPSA) is 61.4 Å². The van der Waals surface area contributed by atoms with E-state index in [4.69, 9.17) is 0 Å². The van der Waals surface area contributed by atoms with Crippen LogP contribution in [0, 0.1) is 17.8 Å². The predicted octanol–water partition coefficient (Wildman–Crippen LogP) is 0.162. The van der Waals surface area contributed by atoms with Crippen molar-refractivity contribution in [1.82, 2.24) is 14.3 Å². The molecule has 6 heteroatoms. The molecule has 0 amide bonds. The lowest BCUT2D eigenvalue weighted by atomic mass is 9.99. The third kappa shape index (κ3) is 3.04. The summed E-state index contributed by atoms with van der Waals surface area (Å²) in [7, 11) is -3.25. The van der Waals surface area contributed by atoms with Gasteiger partial charge in [-0.3, -0.25) is 0 Å². The number of piperazine rings is 1. The number of nitrogens with one attached hydrogen (secondary N) is 2. The van der Waals surface area contributed by atoms with Crippen LogP contribution in [0.15, 0.2) is 0 Å². The summed E-state index contributed by atoms with van der Waals surface area (Å²) in [6.45, 7) is 3.35. The van der Waals surface area contributed by atoms with E-state index in [1.54, 1.807) is 4.31 Å². The highest BCUT2D eigenvalue weighted by Gasteiger charge is 2.41. The molecule has 3 fully saturated rings. The smallest absolute Gasteiger partial charge is 0.279 e. The normalized spacial score (nSPS) is 26.7. The highest BCUT2D eigenvalue weighted by molar-refractivity contribution is 7.87. The molecular formula is C12H23N3O2S. The van der Waals surface area contributed by atoms with Gasteiger partial charge in [-0.25, -0.2) is 4.72 Å². The van der Waals surface area contributed by atoms with Crippen molar-refractivity contribution in [2.75, 3.05) is 32.7 Å². The summed E-state index contributed by atoms with van der Waals surface area (Å²) in [4.78, 5) is 0. The van der Waals surface area contributed by atoms with Crippen molar-refractivity contribution in [2.24, 2.45) is 17.8 Å². The summed E-state index contributed by atoms with van der Waals surface area (Å²) in [5.74, 6) is 2.19. The van der Waals surface area contributed by atoms with Crippen molar-refractivity contribution >= 4 is 10.2 Å². The van der Waals surface area contributed by atoms with E-state index in [1.165, 1.54) is 25.7 Å². The number of rotatable bonds is 6. The molecule has 1 heterocycles. The zero-order valence-electron chi connectivity index (χ0n) is 10.8. The summed E-state index contributed by atoms with van der Waals surface area (Å²) in [5, 5.41) is 3.17. The van der Waals surface area contributed by atoms with Crippen LogP contribution in [0.3, 0.4) is 0 Å². The molecule has 0 bridgehead atoms. The lowest BCUT2D eigenvalue weighted by Gasteiger charge is -2.27. The third-order valence-electron chi connectivity index (χ3n) is 4.37. The van der Waals surface area contributed by atoms with E-state index in [2.05, 4.69) is 10.0 Å². The maximum Gasteiger partial charge on any atom is 0.279 e. The average molecular weight is 273 g/mol. The SMILES string of the molecule is O=S(=O)(NCC(C1CC1)C1CC1)N1CCNCC1. The molecule has 0 radical (unpaired) electrons. The van der Waals surface area contributed by atoms with Gasteiger partial charge >= 0.3 is 0 Å². The Balaban J connectivity index is 1.53. The summed E-state index contributed by atoms with van der Waals surface area (Å²) in [6, 6.07) is 0. The number of nitrogens with zero attached hydrogens (tertiary/aromatic N) is 1. The van der Waals surface area contributed by atoms with E-state index in [9.17, 15) is 8.42 Å². The van der Waals surface area contributed by atoms with Crippen LogP contribution in [-0.4, -0.2) is 45.4 Å². The van der Waals surface area contributed by atoms with Gasteiger partial charge in [0.15, 0.2) is 0 Å². The Bertz CT molecular complexity index is 372. The molecule has 1 aliphatic heterocycles. The third-order valence-corrected chi connectivity index (χ3v) is 5.95. The largest absolute Gasteiger partial charge is 0.314 e. The van der Waals surface area contributed by atoms with E-state index in [0.717, 1.165) is 24.9 Å². The highest BCUT2D eigenvalue weighted by Crippen LogP contribution is 2.48. The standard InChI is InChI=1S/C12H23N3O2S/c16-18(17,15-7-5-13-6-8-15)14-9-12(10-1-2-10)11-3-4-11/h10-14H,1-9H2. The molecule has 104 valence electrons. The molecule has 2 saturated carbocycles. The molecule has 3 rings (SSSR count). The monoisotopic (exact) mass is 273 g/mol. The molecule has 18 heavy (non-hydrogen) atoms. The summed E-state index contributed by atoms with van der Waals surface area (Å²) in [6.07, 6.45) is 5.21. The second kappa shape index (κ2) is 5.07. The molecule has 0 spiro atoms. The van der Waals surface area contributed by atoms with Gasteiger partial charge in [0.2, 0.25) is 0 Å². The van der Waals surface area contributed by atoms with Gasteiger partial charge in [0.05, 0.1) is 0 Å². The first-order valence-electron chi connectivity index (χ1n) is 7.12. The molecule has 0 atom stereocenters. The first-order valence-corrected chi connectivity index (χ1v) is 8.56. The summed E-state index contributed by atoms with van der Waals surface area (Å²) in [5.41, 5.74) is 0. The highest BCUT2D eigenvalue weighted by atomic mass is 32.2. The van der Waals surface area contributed by atoms with Crippen molar-refractivity contribution in [1.29, 1.82) is 0 Å². The van der Waals surface area contributed by atoms with Crippen molar-refractivity contribution in [3.63, 3.8) is 0 Å². The Morgan fingerprint density at radius 3 is 2.17 bits per heavy atom. The molecule has 2 N–H and O–H groups in total. The van der Waals surface area contributed by atoms with Crippen molar-refractivity contribution in [3.8, 4) is 0 Å². The van der Waals surface area contributed by atoms with Crippen LogP contribution in [0.2, 0.25) is 0 Å². The van der Waals surface area contributed by atoms with Gasteiger partial charge in [-0.1, -0.05) is 0 Å². The molecule has 5 nitrogen and oxygen atoms in total. The lowest BCUT2D eigenvalue weighted by molar-refractivity contribution is 0.345. The van der Waals surface area contributed by atoms with Gasteiger partial charge in [0.1, 0.15) is 0 Å². The quantitative estimate of drug-likeness (QED) is 0.725. The van der Waals surface area contributed by atoms with Gasteiger partial charge < -0.3 is 5.32 Å². The summed E-state index contributed by atoms with van der Waals surface area (Å²) < 4.78 is 28.7. The first-order chi connectivity index (χ1) is 8.67. The molecule has 0 unspecified atom stereocenters. The van der Waals surface area contributed by atoms with Gasteiger partial charge in [-0.05, 0) is 43.4 Å². The summed E-state index contributed by atoms with van der Waals surface area (Å²) >= 11 is 0. The van der Waals surface area contributed by atoms with Crippen LogP contribution in [0.4, 0.5) is 0 Å². The van der Waals surface area contributed by atoms with E-state index in [0.29, 0.717) is 25.6 Å². The fraction of sp³-hybridized carbons (Fsp3) is 1.00. The van der Waals surface area contributed by atoms with Crippen LogP contribution in [0.1, 0.15) is 25.7 Å². The molecule has 0 aromatic heterocycles. The van der Waals surface area contributed by atoms with Crippen molar-refractivity contribution < 1.29 is 8.42 Å². The van der Waals surface area contributed by atoms with Crippen molar-refractivity contribution in [2.45, 2.75) is 25.7 Å². The first kappa shape index (κ1) is 12.8. The molecule has 0 aromatic rings. The van der Waals surface area contributed by atoms with Gasteiger partial charge in [0, 0.05) is 32.7 Å². The molecule has 1 saturated heterocycles. The van der Waals surface area contributed by atoms with Gasteiger partial charge in [-0.2, -0.15) is 12.7 Å². The van der Waals surface area contributed by atoms with E-state index < -0.39 is 10.2 Å². The van der Waals surface area contributed by atoms with E-state index >= 15 is 0 Å². The van der Waals surface area contributed by atoms with Gasteiger partial charge in [0.25, 0.3) is 10.2 Å². The zero-order valence-corrected chi connectivity index (χ0v) is 11.6. The molecule has 0 aromatic carbocycles. The fourth-order valence-corrected chi connectivity index (χ4v) is 4.19. The minimum atomic E-state index is -3.25. The van der Waals surface area contributed by atoms with Crippen LogP contribution in [0.5, 0.6) is 0 Å². The van der Waals surface area contributed by atoms with Crippen LogP contribution in [0.25, 0.3) is 0 Å². The maximum atomic E-state index is 12.2. The Morgan fingerprint density at radius 1 is 1.11 bits per heavy atom. The Morgan fingerprint density at radius 2 is 1.67 bits per heavy atom. The van der Waals surface area contributed by atoms with Crippen molar-refractivity contribution in [3.05, 3.63) is 0 Å². The zero-order chi connectivity index (χ0) is 12.6. The fourth-order valence-electron chi connectivity index (χ4n) is 2.94. The minimum absolute atomic E-state index is 0.590. The number of hydrogen-bond donors (Lipinski definition) is 2. The second-order valence-corrected chi connectivity index (χ2v) is 7.60. The van der Waals surface area contributed by atoms with Gasteiger partial charge in [-0.15, -0.1) is 0 Å². The minimum Gasteiger partial charge on any atom is -0.314 e. The van der Waals surface area contributed by atoms with Crippen LogP contribution in [-0.2, 0) is 10.2 Å². The Kier molecular flexibility index (Phi) is 3.62. The maximum absolute atomic E-state index is 12.2. The number of hydrogen-bond acceptors (Lipinski definition) is 3.